The van der Waals surface area contributed by atoms with Crippen LogP contribution in [0.15, 0.2) is 30.3 Å². The average molecular weight is 462 g/mol. The lowest BCUT2D eigenvalue weighted by molar-refractivity contribution is -0.124. The summed E-state index contributed by atoms with van der Waals surface area (Å²) in [6.45, 7) is 5.92. The molecule has 0 aromatic heterocycles. The van der Waals surface area contributed by atoms with Crippen molar-refractivity contribution in [3.63, 3.8) is 0 Å². The fourth-order valence-electron chi connectivity index (χ4n) is 4.02. The van der Waals surface area contributed by atoms with Gasteiger partial charge in [-0.25, -0.2) is 0 Å². The first-order valence-electron chi connectivity index (χ1n) is 10.7. The molecule has 0 saturated carbocycles. The largest absolute Gasteiger partial charge is 0.381 e. The van der Waals surface area contributed by atoms with Gasteiger partial charge < -0.3 is 20.5 Å². The summed E-state index contributed by atoms with van der Waals surface area (Å²) in [6.07, 6.45) is 5.08. The van der Waals surface area contributed by atoms with Crippen LogP contribution in [0, 0.1) is 5.92 Å². The molecule has 6 nitrogen and oxygen atoms in total. The molecule has 1 aromatic carbocycles. The van der Waals surface area contributed by atoms with Gasteiger partial charge in [0.25, 0.3) is 0 Å². The fourth-order valence-corrected chi connectivity index (χ4v) is 4.02. The van der Waals surface area contributed by atoms with E-state index in [0.717, 1.165) is 51.7 Å². The van der Waals surface area contributed by atoms with Gasteiger partial charge in [-0.2, -0.15) is 0 Å². The topological polar surface area (TPSA) is 76.8 Å². The van der Waals surface area contributed by atoms with Crippen molar-refractivity contribution in [1.82, 2.24) is 10.2 Å². The molecule has 2 aliphatic heterocycles. The zero-order chi connectivity index (χ0) is 19.6. The quantitative estimate of drug-likeness (QED) is 0.552. The second-order valence-corrected chi connectivity index (χ2v) is 7.95. The van der Waals surface area contributed by atoms with Crippen LogP contribution in [-0.2, 0) is 20.8 Å². The number of benzene rings is 1. The molecule has 2 fully saturated rings. The Balaban J connectivity index is 0.00000225. The van der Waals surface area contributed by atoms with Crippen LogP contribution in [0.2, 0.25) is 0 Å². The molecule has 1 atom stereocenters. The van der Waals surface area contributed by atoms with E-state index in [4.69, 9.17) is 15.2 Å². The number of halogens is 2. The lowest BCUT2D eigenvalue weighted by atomic mass is 9.92. The van der Waals surface area contributed by atoms with E-state index < -0.39 is 6.04 Å². The first-order chi connectivity index (χ1) is 13.7. The van der Waals surface area contributed by atoms with Gasteiger partial charge in [-0.3, -0.25) is 9.69 Å². The Kier molecular flexibility index (Phi) is 13.6. The predicted molar refractivity (Wildman–Crippen MR) is 124 cm³/mol. The number of piperidine rings is 1. The number of nitrogens with two attached hydrogens (primary N) is 1. The molecule has 1 amide bonds. The van der Waals surface area contributed by atoms with E-state index in [1.165, 1.54) is 5.56 Å². The SMILES string of the molecule is Cl.Cl.NC(C(=O)NCCCOC1CCN(Cc2ccccc2)CC1)C1CCOCC1. The number of carbonyl (C=O) groups excluding carboxylic acids is 1. The number of hydrogen-bond acceptors (Lipinski definition) is 5. The van der Waals surface area contributed by atoms with E-state index in [1.807, 2.05) is 0 Å². The Morgan fingerprint density at radius 1 is 1.13 bits per heavy atom. The summed E-state index contributed by atoms with van der Waals surface area (Å²) >= 11 is 0. The molecule has 3 N–H and O–H groups in total. The molecule has 8 heteroatoms. The Labute approximate surface area is 193 Å². The molecule has 0 aliphatic carbocycles. The van der Waals surface area contributed by atoms with Crippen LogP contribution in [0.4, 0.5) is 0 Å². The van der Waals surface area contributed by atoms with E-state index in [0.29, 0.717) is 32.5 Å². The van der Waals surface area contributed by atoms with Crippen molar-refractivity contribution in [2.75, 3.05) is 39.5 Å². The van der Waals surface area contributed by atoms with Crippen molar-refractivity contribution >= 4 is 30.7 Å². The second kappa shape index (κ2) is 15.0. The smallest absolute Gasteiger partial charge is 0.237 e. The first kappa shape index (κ1) is 27.1. The summed E-state index contributed by atoms with van der Waals surface area (Å²) in [5.74, 6) is 0.201. The van der Waals surface area contributed by atoms with Crippen molar-refractivity contribution in [2.45, 2.75) is 50.8 Å². The molecule has 0 spiro atoms. The number of nitrogens with one attached hydrogen (secondary N) is 1. The minimum absolute atomic E-state index is 0. The third-order valence-electron chi connectivity index (χ3n) is 5.83. The second-order valence-electron chi connectivity index (χ2n) is 7.95. The normalized spacial score (nSPS) is 19.4. The van der Waals surface area contributed by atoms with Gasteiger partial charge in [-0.15, -0.1) is 24.8 Å². The molecule has 1 unspecified atom stereocenters. The van der Waals surface area contributed by atoms with Crippen molar-refractivity contribution in [3.05, 3.63) is 35.9 Å². The van der Waals surface area contributed by atoms with Crippen molar-refractivity contribution in [3.8, 4) is 0 Å². The fraction of sp³-hybridized carbons (Fsp3) is 0.682. The standard InChI is InChI=1S/C22H35N3O3.2ClH/c23-21(19-9-15-27-16-10-19)22(26)24-11-4-14-28-20-7-12-25(13-8-20)17-18-5-2-1-3-6-18;;/h1-3,5-6,19-21H,4,7-17,23H2,(H,24,26);2*1H. The van der Waals surface area contributed by atoms with Gasteiger partial charge in [-0.1, -0.05) is 30.3 Å². The van der Waals surface area contributed by atoms with Crippen LogP contribution < -0.4 is 11.1 Å². The van der Waals surface area contributed by atoms with E-state index in [1.54, 1.807) is 0 Å². The zero-order valence-electron chi connectivity index (χ0n) is 17.7. The summed E-state index contributed by atoms with van der Waals surface area (Å²) in [5, 5.41) is 2.96. The number of likely N-dealkylation sites (tertiary alicyclic amines) is 1. The van der Waals surface area contributed by atoms with Gasteiger partial charge in [0.05, 0.1) is 12.1 Å². The summed E-state index contributed by atoms with van der Waals surface area (Å²) in [6, 6.07) is 10.2. The maximum Gasteiger partial charge on any atom is 0.237 e. The zero-order valence-corrected chi connectivity index (χ0v) is 19.3. The van der Waals surface area contributed by atoms with Crippen LogP contribution >= 0.6 is 24.8 Å². The number of nitrogens with zero attached hydrogens (tertiary/aromatic N) is 1. The number of carbonyl (C=O) groups is 1. The first-order valence-corrected chi connectivity index (χ1v) is 10.7. The third-order valence-corrected chi connectivity index (χ3v) is 5.83. The highest BCUT2D eigenvalue weighted by Crippen LogP contribution is 2.18. The molecule has 30 heavy (non-hydrogen) atoms. The highest BCUT2D eigenvalue weighted by molar-refractivity contribution is 5.85. The summed E-state index contributed by atoms with van der Waals surface area (Å²) in [5.41, 5.74) is 7.46. The van der Waals surface area contributed by atoms with Gasteiger partial charge in [0, 0.05) is 46.0 Å². The third kappa shape index (κ3) is 9.08. The van der Waals surface area contributed by atoms with E-state index in [2.05, 4.69) is 40.5 Å². The number of ether oxygens (including phenoxy) is 2. The summed E-state index contributed by atoms with van der Waals surface area (Å²) < 4.78 is 11.3. The molecular weight excluding hydrogens is 425 g/mol. The van der Waals surface area contributed by atoms with Gasteiger partial charge in [0.1, 0.15) is 0 Å². The summed E-state index contributed by atoms with van der Waals surface area (Å²) in [7, 11) is 0. The van der Waals surface area contributed by atoms with Gasteiger partial charge in [0.2, 0.25) is 5.91 Å². The maximum absolute atomic E-state index is 12.2. The molecule has 0 radical (unpaired) electrons. The lowest BCUT2D eigenvalue weighted by Gasteiger charge is -2.32. The van der Waals surface area contributed by atoms with Crippen LogP contribution in [0.1, 0.15) is 37.7 Å². The van der Waals surface area contributed by atoms with Crippen molar-refractivity contribution in [2.24, 2.45) is 11.7 Å². The Hall–Kier alpha value is -0.890. The molecule has 0 bridgehead atoms. The van der Waals surface area contributed by atoms with E-state index >= 15 is 0 Å². The number of hydrogen-bond donors (Lipinski definition) is 2. The molecule has 2 heterocycles. The molecule has 2 saturated heterocycles. The highest BCUT2D eigenvalue weighted by Gasteiger charge is 2.26. The maximum atomic E-state index is 12.2. The van der Waals surface area contributed by atoms with Gasteiger partial charge in [0.15, 0.2) is 0 Å². The average Bonchev–Trinajstić information content (AvgIpc) is 2.75. The molecular formula is C22H37Cl2N3O3. The molecule has 172 valence electrons. The van der Waals surface area contributed by atoms with Gasteiger partial charge in [-0.05, 0) is 43.6 Å². The minimum Gasteiger partial charge on any atom is -0.381 e. The van der Waals surface area contributed by atoms with Crippen LogP contribution in [0.5, 0.6) is 0 Å². The Bertz CT molecular complexity index is 580. The number of rotatable bonds is 9. The van der Waals surface area contributed by atoms with Gasteiger partial charge >= 0.3 is 0 Å². The number of amides is 1. The Morgan fingerprint density at radius 3 is 2.47 bits per heavy atom. The van der Waals surface area contributed by atoms with Crippen LogP contribution in [-0.4, -0.2) is 62.4 Å². The van der Waals surface area contributed by atoms with Crippen LogP contribution in [0.25, 0.3) is 0 Å². The molecule has 3 rings (SSSR count). The predicted octanol–water partition coefficient (Wildman–Crippen LogP) is 2.77. The highest BCUT2D eigenvalue weighted by atomic mass is 35.5. The van der Waals surface area contributed by atoms with Crippen molar-refractivity contribution in [1.29, 1.82) is 0 Å². The lowest BCUT2D eigenvalue weighted by Crippen LogP contribution is -2.47. The van der Waals surface area contributed by atoms with E-state index in [-0.39, 0.29) is 36.6 Å². The van der Waals surface area contributed by atoms with Crippen LogP contribution in [0.3, 0.4) is 0 Å². The summed E-state index contributed by atoms with van der Waals surface area (Å²) in [4.78, 5) is 14.7. The monoisotopic (exact) mass is 461 g/mol. The van der Waals surface area contributed by atoms with Crippen molar-refractivity contribution < 1.29 is 14.3 Å². The Morgan fingerprint density at radius 2 is 1.80 bits per heavy atom. The minimum atomic E-state index is -0.418. The molecule has 1 aromatic rings. The van der Waals surface area contributed by atoms with E-state index in [9.17, 15) is 4.79 Å². The molecule has 2 aliphatic rings.